The Labute approximate surface area is 262 Å². The molecule has 0 unspecified atom stereocenters. The van der Waals surface area contributed by atoms with Crippen molar-refractivity contribution in [3.8, 4) is 11.1 Å². The molecule has 0 amide bonds. The van der Waals surface area contributed by atoms with Crippen LogP contribution in [0, 0.1) is 0 Å². The number of rotatable bonds is 4. The van der Waals surface area contributed by atoms with Crippen molar-refractivity contribution >= 4 is 70.9 Å². The van der Waals surface area contributed by atoms with E-state index >= 15 is 0 Å². The average molecular weight is 572 g/mol. The van der Waals surface area contributed by atoms with E-state index in [2.05, 4.69) is 181 Å². The van der Waals surface area contributed by atoms with Crippen LogP contribution in [-0.4, -0.2) is 0 Å². The summed E-state index contributed by atoms with van der Waals surface area (Å²) in [5.74, 6) is 0. The predicted molar refractivity (Wildman–Crippen MR) is 194 cm³/mol. The van der Waals surface area contributed by atoms with Gasteiger partial charge in [-0.1, -0.05) is 140 Å². The van der Waals surface area contributed by atoms with Gasteiger partial charge in [0.05, 0.1) is 0 Å². The van der Waals surface area contributed by atoms with Crippen LogP contribution >= 0.6 is 0 Å². The van der Waals surface area contributed by atoms with Gasteiger partial charge in [-0.2, -0.15) is 0 Å². The van der Waals surface area contributed by atoms with Crippen molar-refractivity contribution in [2.24, 2.45) is 0 Å². The molecule has 0 N–H and O–H groups in total. The molecule has 210 valence electrons. The van der Waals surface area contributed by atoms with Crippen LogP contribution in [0.25, 0.3) is 65.0 Å². The molecule has 9 aromatic carbocycles. The molecule has 45 heavy (non-hydrogen) atoms. The van der Waals surface area contributed by atoms with Crippen LogP contribution in [0.4, 0.5) is 17.1 Å². The lowest BCUT2D eigenvalue weighted by Crippen LogP contribution is -2.10. The molecule has 0 heterocycles. The van der Waals surface area contributed by atoms with E-state index in [1.54, 1.807) is 0 Å². The maximum absolute atomic E-state index is 2.39. The van der Waals surface area contributed by atoms with E-state index in [-0.39, 0.29) is 0 Å². The van der Waals surface area contributed by atoms with E-state index in [0.717, 1.165) is 17.1 Å². The lowest BCUT2D eigenvalue weighted by atomic mass is 9.96. The van der Waals surface area contributed by atoms with Crippen LogP contribution in [-0.2, 0) is 0 Å². The Bertz CT molecular complexity index is 2550. The molecule has 0 bridgehead atoms. The molecule has 0 saturated heterocycles. The van der Waals surface area contributed by atoms with Gasteiger partial charge in [-0.05, 0) is 101 Å². The minimum absolute atomic E-state index is 1.13. The van der Waals surface area contributed by atoms with Crippen LogP contribution in [0.2, 0.25) is 0 Å². The number of anilines is 3. The minimum Gasteiger partial charge on any atom is -0.310 e. The van der Waals surface area contributed by atoms with E-state index in [4.69, 9.17) is 0 Å². The number of nitrogens with zero attached hydrogens (tertiary/aromatic N) is 1. The molecule has 0 radical (unpaired) electrons. The first-order chi connectivity index (χ1) is 22.3. The predicted octanol–water partition coefficient (Wildman–Crippen LogP) is 12.6. The molecule has 0 fully saturated rings. The summed E-state index contributed by atoms with van der Waals surface area (Å²) in [5, 5.41) is 12.7. The molecule has 0 aliphatic heterocycles. The van der Waals surface area contributed by atoms with Gasteiger partial charge in [0.1, 0.15) is 0 Å². The topological polar surface area (TPSA) is 3.24 Å². The third kappa shape index (κ3) is 4.32. The Morgan fingerprint density at radius 1 is 0.244 bits per heavy atom. The number of hydrogen-bond donors (Lipinski definition) is 0. The summed E-state index contributed by atoms with van der Waals surface area (Å²) in [5.41, 5.74) is 5.80. The zero-order valence-corrected chi connectivity index (χ0v) is 24.7. The summed E-state index contributed by atoms with van der Waals surface area (Å²) in [4.78, 5) is 2.39. The highest BCUT2D eigenvalue weighted by Gasteiger charge is 2.16. The second-order valence-corrected chi connectivity index (χ2v) is 11.8. The maximum Gasteiger partial charge on any atom is 0.0468 e. The smallest absolute Gasteiger partial charge is 0.0468 e. The number of hydrogen-bond acceptors (Lipinski definition) is 1. The van der Waals surface area contributed by atoms with Gasteiger partial charge in [-0.25, -0.2) is 0 Å². The SMILES string of the molecule is c1ccc(-c2cccc(N(c3ccc4c(ccc5ccccc54)c3)c3ccc4c(ccc5c6ccccc6ccc45)c3)c2)cc1. The molecule has 0 aliphatic carbocycles. The van der Waals surface area contributed by atoms with Crippen LogP contribution in [0.15, 0.2) is 176 Å². The second kappa shape index (κ2) is 10.4. The van der Waals surface area contributed by atoms with Gasteiger partial charge in [0, 0.05) is 17.1 Å². The van der Waals surface area contributed by atoms with Gasteiger partial charge in [0.2, 0.25) is 0 Å². The van der Waals surface area contributed by atoms with Gasteiger partial charge < -0.3 is 4.90 Å². The lowest BCUT2D eigenvalue weighted by molar-refractivity contribution is 1.29. The summed E-state index contributed by atoms with van der Waals surface area (Å²) in [6.45, 7) is 0. The summed E-state index contributed by atoms with van der Waals surface area (Å²) >= 11 is 0. The van der Waals surface area contributed by atoms with Gasteiger partial charge >= 0.3 is 0 Å². The molecular weight excluding hydrogens is 542 g/mol. The second-order valence-electron chi connectivity index (χ2n) is 11.8. The standard InChI is InChI=1S/C44H29N/c1-2-9-30(10-3-1)33-13-8-14-36(27-33)45(37-21-25-41-34(28-37)18-17-31-11-4-6-15-39(31)41)38-22-26-42-35(29-38)20-24-43-40-16-7-5-12-32(40)19-23-44(42)43/h1-29H. The highest BCUT2D eigenvalue weighted by molar-refractivity contribution is 6.17. The van der Waals surface area contributed by atoms with Gasteiger partial charge in [-0.3, -0.25) is 0 Å². The molecule has 9 aromatic rings. The molecular formula is C44H29N. The van der Waals surface area contributed by atoms with Gasteiger partial charge in [0.25, 0.3) is 0 Å². The zero-order chi connectivity index (χ0) is 29.7. The Kier molecular flexibility index (Phi) is 5.89. The molecule has 0 atom stereocenters. The van der Waals surface area contributed by atoms with E-state index in [9.17, 15) is 0 Å². The van der Waals surface area contributed by atoms with Gasteiger partial charge in [0.15, 0.2) is 0 Å². The largest absolute Gasteiger partial charge is 0.310 e. The van der Waals surface area contributed by atoms with Crippen LogP contribution in [0.3, 0.4) is 0 Å². The zero-order valence-electron chi connectivity index (χ0n) is 24.7. The fraction of sp³-hybridized carbons (Fsp3) is 0. The molecule has 1 heteroatoms. The maximum atomic E-state index is 2.39. The van der Waals surface area contributed by atoms with Crippen molar-refractivity contribution in [1.29, 1.82) is 0 Å². The molecule has 0 aliphatic rings. The Balaban J connectivity index is 1.25. The average Bonchev–Trinajstić information content (AvgIpc) is 3.11. The third-order valence-electron chi connectivity index (χ3n) is 9.18. The van der Waals surface area contributed by atoms with E-state index in [1.807, 2.05) is 0 Å². The summed E-state index contributed by atoms with van der Waals surface area (Å²) in [6.07, 6.45) is 0. The van der Waals surface area contributed by atoms with Crippen LogP contribution < -0.4 is 4.90 Å². The number of fused-ring (bicyclic) bond motifs is 8. The monoisotopic (exact) mass is 571 g/mol. The van der Waals surface area contributed by atoms with E-state index < -0.39 is 0 Å². The normalized spacial score (nSPS) is 11.6. The van der Waals surface area contributed by atoms with Crippen molar-refractivity contribution in [3.05, 3.63) is 176 Å². The fourth-order valence-corrected chi connectivity index (χ4v) is 7.00. The highest BCUT2D eigenvalue weighted by Crippen LogP contribution is 2.41. The number of benzene rings is 9. The molecule has 9 rings (SSSR count). The molecule has 1 nitrogen and oxygen atoms in total. The first kappa shape index (κ1) is 25.6. The van der Waals surface area contributed by atoms with E-state index in [1.165, 1.54) is 65.0 Å². The summed E-state index contributed by atoms with van der Waals surface area (Å²) in [6, 6.07) is 64.1. The van der Waals surface area contributed by atoms with Crippen LogP contribution in [0.1, 0.15) is 0 Å². The third-order valence-corrected chi connectivity index (χ3v) is 9.18. The summed E-state index contributed by atoms with van der Waals surface area (Å²) < 4.78 is 0. The van der Waals surface area contributed by atoms with Crippen LogP contribution in [0.5, 0.6) is 0 Å². The highest BCUT2D eigenvalue weighted by atomic mass is 15.1. The van der Waals surface area contributed by atoms with Crippen molar-refractivity contribution in [3.63, 3.8) is 0 Å². The van der Waals surface area contributed by atoms with Crippen molar-refractivity contribution in [2.45, 2.75) is 0 Å². The van der Waals surface area contributed by atoms with Crippen molar-refractivity contribution < 1.29 is 0 Å². The van der Waals surface area contributed by atoms with Crippen molar-refractivity contribution in [1.82, 2.24) is 0 Å². The first-order valence-corrected chi connectivity index (χ1v) is 15.5. The van der Waals surface area contributed by atoms with Gasteiger partial charge in [-0.15, -0.1) is 0 Å². The fourth-order valence-electron chi connectivity index (χ4n) is 7.00. The molecule has 0 aromatic heterocycles. The van der Waals surface area contributed by atoms with E-state index in [0.29, 0.717) is 0 Å². The summed E-state index contributed by atoms with van der Waals surface area (Å²) in [7, 11) is 0. The quantitative estimate of drug-likeness (QED) is 0.190. The Morgan fingerprint density at radius 3 is 1.38 bits per heavy atom. The molecule has 0 spiro atoms. The Hall–Kier alpha value is -5.92. The first-order valence-electron chi connectivity index (χ1n) is 15.5. The minimum atomic E-state index is 1.13. The Morgan fingerprint density at radius 2 is 0.689 bits per heavy atom. The molecule has 0 saturated carbocycles. The van der Waals surface area contributed by atoms with Crippen molar-refractivity contribution in [2.75, 3.05) is 4.90 Å². The lowest BCUT2D eigenvalue weighted by Gasteiger charge is -2.27.